The molecule has 0 amide bonds. The third kappa shape index (κ3) is 2.58. The number of methoxy groups -OCH3 is 1. The third-order valence-corrected chi connectivity index (χ3v) is 3.11. The van der Waals surface area contributed by atoms with Crippen molar-refractivity contribution in [2.45, 2.75) is 12.5 Å². The van der Waals surface area contributed by atoms with Crippen LogP contribution >= 0.6 is 0 Å². The van der Waals surface area contributed by atoms with Crippen LogP contribution in [0.5, 0.6) is 5.75 Å². The maximum absolute atomic E-state index is 13.8. The van der Waals surface area contributed by atoms with Gasteiger partial charge in [0.1, 0.15) is 23.0 Å². The second-order valence-corrected chi connectivity index (χ2v) is 4.42. The van der Waals surface area contributed by atoms with Gasteiger partial charge in [-0.25, -0.2) is 8.78 Å². The molecule has 1 atom stereocenters. The van der Waals surface area contributed by atoms with Gasteiger partial charge < -0.3 is 9.84 Å². The van der Waals surface area contributed by atoms with E-state index in [4.69, 9.17) is 4.74 Å². The highest BCUT2D eigenvalue weighted by atomic mass is 19.1. The second-order valence-electron chi connectivity index (χ2n) is 4.42. The van der Waals surface area contributed by atoms with Crippen molar-refractivity contribution in [3.05, 3.63) is 65.2 Å². The maximum atomic E-state index is 13.8. The molecule has 0 aliphatic carbocycles. The summed E-state index contributed by atoms with van der Waals surface area (Å²) in [7, 11) is 1.53. The molecule has 0 aliphatic rings. The lowest BCUT2D eigenvalue weighted by Crippen LogP contribution is -2.24. The molecule has 0 spiro atoms. The van der Waals surface area contributed by atoms with Gasteiger partial charge in [-0.2, -0.15) is 0 Å². The van der Waals surface area contributed by atoms with Crippen LogP contribution in [0.1, 0.15) is 18.1 Å². The number of benzene rings is 2. The highest BCUT2D eigenvalue weighted by molar-refractivity contribution is 5.38. The van der Waals surface area contributed by atoms with Gasteiger partial charge in [0.2, 0.25) is 0 Å². The summed E-state index contributed by atoms with van der Waals surface area (Å²) in [5.74, 6) is -0.813. The lowest BCUT2D eigenvalue weighted by atomic mass is 9.88. The zero-order chi connectivity index (χ0) is 14.0. The van der Waals surface area contributed by atoms with E-state index in [2.05, 4.69) is 0 Å². The molecular formula is C15H14F2O2. The van der Waals surface area contributed by atoms with Gasteiger partial charge in [0.25, 0.3) is 0 Å². The summed E-state index contributed by atoms with van der Waals surface area (Å²) in [6, 6.07) is 9.75. The topological polar surface area (TPSA) is 29.5 Å². The average Bonchev–Trinajstić information content (AvgIpc) is 2.38. The largest absolute Gasteiger partial charge is 0.497 e. The van der Waals surface area contributed by atoms with Gasteiger partial charge in [0, 0.05) is 11.6 Å². The zero-order valence-corrected chi connectivity index (χ0v) is 10.7. The van der Waals surface area contributed by atoms with Gasteiger partial charge in [-0.05, 0) is 36.8 Å². The van der Waals surface area contributed by atoms with E-state index in [1.807, 2.05) is 0 Å². The summed E-state index contributed by atoms with van der Waals surface area (Å²) in [4.78, 5) is 0. The smallest absolute Gasteiger partial charge is 0.132 e. The number of hydrogen-bond acceptors (Lipinski definition) is 2. The van der Waals surface area contributed by atoms with Gasteiger partial charge in [-0.3, -0.25) is 0 Å². The van der Waals surface area contributed by atoms with Crippen LogP contribution in [0.15, 0.2) is 42.5 Å². The van der Waals surface area contributed by atoms with Crippen molar-refractivity contribution < 1.29 is 18.6 Å². The maximum Gasteiger partial charge on any atom is 0.132 e. The highest BCUT2D eigenvalue weighted by Crippen LogP contribution is 2.32. The van der Waals surface area contributed by atoms with Crippen molar-refractivity contribution in [2.75, 3.05) is 7.11 Å². The quantitative estimate of drug-likeness (QED) is 0.922. The molecule has 4 heteroatoms. The molecule has 2 nitrogen and oxygen atoms in total. The molecule has 0 aromatic heterocycles. The first-order valence-corrected chi connectivity index (χ1v) is 5.77. The van der Waals surface area contributed by atoms with Gasteiger partial charge in [-0.1, -0.05) is 12.1 Å². The SMILES string of the molecule is COc1ccc(C(C)(O)c2ccc(F)cc2F)cc1. The lowest BCUT2D eigenvalue weighted by Gasteiger charge is -2.25. The first kappa shape index (κ1) is 13.5. The molecule has 2 rings (SSSR count). The van der Waals surface area contributed by atoms with Gasteiger partial charge in [0.15, 0.2) is 0 Å². The molecule has 2 aromatic rings. The molecule has 19 heavy (non-hydrogen) atoms. The fraction of sp³-hybridized carbons (Fsp3) is 0.200. The number of aliphatic hydroxyl groups is 1. The van der Waals surface area contributed by atoms with Crippen LogP contribution in [0.3, 0.4) is 0 Å². The van der Waals surface area contributed by atoms with E-state index in [9.17, 15) is 13.9 Å². The Morgan fingerprint density at radius 1 is 1.05 bits per heavy atom. The minimum absolute atomic E-state index is 0.0269. The average molecular weight is 264 g/mol. The molecular weight excluding hydrogens is 250 g/mol. The first-order chi connectivity index (χ1) is 8.95. The summed E-state index contributed by atoms with van der Waals surface area (Å²) in [5, 5.41) is 10.5. The van der Waals surface area contributed by atoms with Crippen LogP contribution in [-0.2, 0) is 5.60 Å². The van der Waals surface area contributed by atoms with Crippen molar-refractivity contribution in [1.82, 2.24) is 0 Å². The van der Waals surface area contributed by atoms with Crippen molar-refractivity contribution in [3.63, 3.8) is 0 Å². The monoisotopic (exact) mass is 264 g/mol. The van der Waals surface area contributed by atoms with E-state index in [0.717, 1.165) is 12.1 Å². The Morgan fingerprint density at radius 3 is 2.21 bits per heavy atom. The van der Waals surface area contributed by atoms with E-state index in [1.165, 1.54) is 20.1 Å². The van der Waals surface area contributed by atoms with Gasteiger partial charge in [0.05, 0.1) is 7.11 Å². The van der Waals surface area contributed by atoms with E-state index >= 15 is 0 Å². The molecule has 0 aliphatic heterocycles. The summed E-state index contributed by atoms with van der Waals surface area (Å²) >= 11 is 0. The minimum atomic E-state index is -1.54. The fourth-order valence-electron chi connectivity index (χ4n) is 1.96. The van der Waals surface area contributed by atoms with Crippen LogP contribution in [0.25, 0.3) is 0 Å². The summed E-state index contributed by atoms with van der Waals surface area (Å²) in [6.45, 7) is 1.46. The number of ether oxygens (including phenoxy) is 1. The molecule has 0 bridgehead atoms. The second kappa shape index (κ2) is 4.97. The lowest BCUT2D eigenvalue weighted by molar-refractivity contribution is 0.0977. The summed E-state index contributed by atoms with van der Waals surface area (Å²) < 4.78 is 31.7. The van der Waals surface area contributed by atoms with Crippen molar-refractivity contribution in [1.29, 1.82) is 0 Å². The minimum Gasteiger partial charge on any atom is -0.497 e. The van der Waals surface area contributed by atoms with Gasteiger partial charge >= 0.3 is 0 Å². The van der Waals surface area contributed by atoms with Crippen LogP contribution in [0.4, 0.5) is 8.78 Å². The molecule has 0 saturated heterocycles. The van der Waals surface area contributed by atoms with Crippen molar-refractivity contribution >= 4 is 0 Å². The molecule has 100 valence electrons. The standard InChI is InChI=1S/C15H14F2O2/c1-15(18,10-3-6-12(19-2)7-4-10)13-8-5-11(16)9-14(13)17/h3-9,18H,1-2H3. The van der Waals surface area contributed by atoms with E-state index in [1.54, 1.807) is 24.3 Å². The Kier molecular flexibility index (Phi) is 3.53. The Labute approximate surface area is 110 Å². The highest BCUT2D eigenvalue weighted by Gasteiger charge is 2.28. The predicted molar refractivity (Wildman–Crippen MR) is 68.0 cm³/mol. The number of halogens is 2. The third-order valence-electron chi connectivity index (χ3n) is 3.11. The number of hydrogen-bond donors (Lipinski definition) is 1. The molecule has 1 unspecified atom stereocenters. The predicted octanol–water partition coefficient (Wildman–Crippen LogP) is 3.23. The van der Waals surface area contributed by atoms with E-state index < -0.39 is 17.2 Å². The Morgan fingerprint density at radius 2 is 1.68 bits per heavy atom. The number of rotatable bonds is 3. The summed E-state index contributed by atoms with van der Waals surface area (Å²) in [5.41, 5.74) is -1.01. The van der Waals surface area contributed by atoms with Crippen LogP contribution in [-0.4, -0.2) is 12.2 Å². The van der Waals surface area contributed by atoms with Crippen molar-refractivity contribution in [3.8, 4) is 5.75 Å². The first-order valence-electron chi connectivity index (χ1n) is 5.77. The normalized spacial score (nSPS) is 13.9. The zero-order valence-electron chi connectivity index (χ0n) is 10.7. The van der Waals surface area contributed by atoms with E-state index in [-0.39, 0.29) is 5.56 Å². The molecule has 2 aromatic carbocycles. The molecule has 0 heterocycles. The molecule has 0 saturated carbocycles. The van der Waals surface area contributed by atoms with Crippen molar-refractivity contribution in [2.24, 2.45) is 0 Å². The van der Waals surface area contributed by atoms with Crippen LogP contribution in [0.2, 0.25) is 0 Å². The summed E-state index contributed by atoms with van der Waals surface area (Å²) in [6.07, 6.45) is 0. The van der Waals surface area contributed by atoms with Crippen LogP contribution in [0, 0.1) is 11.6 Å². The fourth-order valence-corrected chi connectivity index (χ4v) is 1.96. The van der Waals surface area contributed by atoms with E-state index in [0.29, 0.717) is 11.3 Å². The molecule has 0 radical (unpaired) electrons. The van der Waals surface area contributed by atoms with Crippen LogP contribution < -0.4 is 4.74 Å². The van der Waals surface area contributed by atoms with Gasteiger partial charge in [-0.15, -0.1) is 0 Å². The molecule has 0 fully saturated rings. The Bertz CT molecular complexity index is 577. The Hall–Kier alpha value is -1.94. The Balaban J connectivity index is 2.45. The molecule has 1 N–H and O–H groups in total.